The van der Waals surface area contributed by atoms with E-state index in [9.17, 15) is 4.79 Å². The van der Waals surface area contributed by atoms with E-state index in [0.717, 1.165) is 56.1 Å². The zero-order chi connectivity index (χ0) is 24.3. The quantitative estimate of drug-likeness (QED) is 0.209. The maximum atomic E-state index is 13.6. The van der Waals surface area contributed by atoms with E-state index < -0.39 is 0 Å². The van der Waals surface area contributed by atoms with Gasteiger partial charge in [0.15, 0.2) is 6.10 Å². The van der Waals surface area contributed by atoms with Gasteiger partial charge in [0, 0.05) is 40.0 Å². The van der Waals surface area contributed by atoms with Crippen molar-refractivity contribution < 1.29 is 14.0 Å². The van der Waals surface area contributed by atoms with Crippen LogP contribution in [0.4, 0.5) is 10.5 Å². The van der Waals surface area contributed by atoms with Crippen molar-refractivity contribution in [1.82, 2.24) is 0 Å². The number of carbonyl (C=O) groups is 1. The van der Waals surface area contributed by atoms with Crippen LogP contribution in [0.25, 0.3) is 0 Å². The highest BCUT2D eigenvalue weighted by Gasteiger charge is 2.47. The molecule has 3 fully saturated rings. The Balaban J connectivity index is 1.26. The maximum absolute atomic E-state index is 13.6. The number of thioether (sulfide) groups is 1. The van der Waals surface area contributed by atoms with E-state index >= 15 is 0 Å². The van der Waals surface area contributed by atoms with Crippen LogP contribution < -0.4 is 4.90 Å². The number of anilines is 1. The molecule has 1 amide bonds. The highest BCUT2D eigenvalue weighted by atomic mass is 79.9. The number of benzene rings is 2. The van der Waals surface area contributed by atoms with Crippen LogP contribution in [0, 0.1) is 12.8 Å². The van der Waals surface area contributed by atoms with E-state index in [2.05, 4.69) is 71.4 Å². The maximum Gasteiger partial charge on any atom is 0.415 e. The third-order valence-corrected chi connectivity index (χ3v) is 9.95. The predicted octanol–water partition coefficient (Wildman–Crippen LogP) is 7.36. The topological polar surface area (TPSA) is 29.5 Å². The number of ether oxygens (including phenoxy) is 1. The third kappa shape index (κ3) is 6.13. The molecule has 0 radical (unpaired) electrons. The summed E-state index contributed by atoms with van der Waals surface area (Å²) in [6.07, 6.45) is 2.07. The summed E-state index contributed by atoms with van der Waals surface area (Å²) in [5, 5.41) is 0. The molecule has 3 aliphatic heterocycles. The fraction of sp³-hybridized carbons (Fsp3) is 0.393. The number of fused-ring (bicyclic) bond motifs is 3. The molecule has 4 nitrogen and oxygen atoms in total. The van der Waals surface area contributed by atoms with Crippen molar-refractivity contribution in [2.75, 3.05) is 36.8 Å². The number of halogens is 1. The van der Waals surface area contributed by atoms with Gasteiger partial charge in [0.25, 0.3) is 0 Å². The first-order chi connectivity index (χ1) is 17.0. The van der Waals surface area contributed by atoms with Crippen LogP contribution in [-0.4, -0.2) is 48.6 Å². The van der Waals surface area contributed by atoms with E-state index in [1.807, 2.05) is 30.0 Å². The molecule has 0 saturated carbocycles. The first kappa shape index (κ1) is 24.9. The van der Waals surface area contributed by atoms with Crippen molar-refractivity contribution in [3.05, 3.63) is 81.0 Å². The minimum atomic E-state index is -0.226. The zero-order valence-corrected chi connectivity index (χ0v) is 23.3. The molecular formula is C28H32BrN2O2S2+. The summed E-state index contributed by atoms with van der Waals surface area (Å²) in [5.74, 6) is 1.58. The molecule has 3 aliphatic rings. The van der Waals surface area contributed by atoms with Gasteiger partial charge in [-0.3, -0.25) is 4.90 Å². The average molecular weight is 573 g/mol. The van der Waals surface area contributed by atoms with Gasteiger partial charge in [0.2, 0.25) is 0 Å². The molecule has 0 aliphatic carbocycles. The first-order valence-corrected chi connectivity index (χ1v) is 14.9. The Morgan fingerprint density at radius 2 is 1.91 bits per heavy atom. The molecule has 35 heavy (non-hydrogen) atoms. The number of quaternary nitrogens is 1. The normalized spacial score (nSPS) is 23.3. The largest absolute Gasteiger partial charge is 0.440 e. The molecule has 1 unspecified atom stereocenters. The molecule has 4 heterocycles. The molecule has 0 spiro atoms. The Morgan fingerprint density at radius 1 is 1.11 bits per heavy atom. The second-order valence-electron chi connectivity index (χ2n) is 9.75. The van der Waals surface area contributed by atoms with Crippen molar-refractivity contribution in [2.45, 2.75) is 37.3 Å². The summed E-state index contributed by atoms with van der Waals surface area (Å²) >= 11 is 7.14. The van der Waals surface area contributed by atoms with Gasteiger partial charge < -0.3 is 9.22 Å². The van der Waals surface area contributed by atoms with Crippen LogP contribution in [-0.2, 0) is 11.3 Å². The van der Waals surface area contributed by atoms with Crippen LogP contribution >= 0.6 is 39.0 Å². The van der Waals surface area contributed by atoms with Crippen LogP contribution in [0.15, 0.2) is 75.4 Å². The van der Waals surface area contributed by atoms with Crippen molar-refractivity contribution in [3.63, 3.8) is 0 Å². The zero-order valence-electron chi connectivity index (χ0n) is 20.1. The summed E-state index contributed by atoms with van der Waals surface area (Å²) in [4.78, 5) is 17.9. The lowest BCUT2D eigenvalue weighted by Crippen LogP contribution is -2.65. The van der Waals surface area contributed by atoms with Crippen LogP contribution in [0.1, 0.15) is 23.3 Å². The number of piperidine rings is 3. The number of rotatable bonds is 8. The summed E-state index contributed by atoms with van der Waals surface area (Å²) < 4.78 is 8.46. The third-order valence-electron chi connectivity index (χ3n) is 7.35. The second kappa shape index (κ2) is 11.1. The highest BCUT2D eigenvalue weighted by molar-refractivity contribution is 9.11. The Labute approximate surface area is 225 Å². The molecule has 2 aromatic carbocycles. The molecule has 6 rings (SSSR count). The van der Waals surface area contributed by atoms with Crippen molar-refractivity contribution >= 4 is 50.8 Å². The van der Waals surface area contributed by atoms with Gasteiger partial charge in [0.1, 0.15) is 6.54 Å². The van der Waals surface area contributed by atoms with Gasteiger partial charge in [-0.15, -0.1) is 23.1 Å². The summed E-state index contributed by atoms with van der Waals surface area (Å²) in [5.41, 5.74) is 2.03. The minimum absolute atomic E-state index is 0.00546. The van der Waals surface area contributed by atoms with E-state index in [-0.39, 0.29) is 12.2 Å². The Morgan fingerprint density at radius 3 is 2.63 bits per heavy atom. The van der Waals surface area contributed by atoms with Crippen LogP contribution in [0.5, 0.6) is 0 Å². The van der Waals surface area contributed by atoms with Gasteiger partial charge in [-0.25, -0.2) is 4.79 Å². The number of thiophene rings is 1. The number of nitrogens with zero attached hydrogens (tertiary/aromatic N) is 2. The monoisotopic (exact) mass is 571 g/mol. The lowest BCUT2D eigenvalue weighted by Gasteiger charge is -2.52. The van der Waals surface area contributed by atoms with Crippen molar-refractivity contribution in [3.8, 4) is 0 Å². The van der Waals surface area contributed by atoms with Crippen molar-refractivity contribution in [1.29, 1.82) is 0 Å². The minimum Gasteiger partial charge on any atom is -0.440 e. The predicted molar refractivity (Wildman–Crippen MR) is 149 cm³/mol. The van der Waals surface area contributed by atoms with Crippen molar-refractivity contribution in [2.24, 2.45) is 5.92 Å². The molecule has 1 atom stereocenters. The second-order valence-corrected chi connectivity index (χ2v) is 13.5. The van der Waals surface area contributed by atoms with E-state index in [1.165, 1.54) is 18.0 Å². The van der Waals surface area contributed by atoms with E-state index in [4.69, 9.17) is 4.74 Å². The average Bonchev–Trinajstić information content (AvgIpc) is 3.28. The highest BCUT2D eigenvalue weighted by Crippen LogP contribution is 2.37. The number of hydrogen-bond acceptors (Lipinski definition) is 4. The van der Waals surface area contributed by atoms with Gasteiger partial charge in [-0.05, 0) is 64.8 Å². The summed E-state index contributed by atoms with van der Waals surface area (Å²) in [6.45, 7) is 7.06. The Kier molecular flexibility index (Phi) is 7.87. The van der Waals surface area contributed by atoms with Crippen LogP contribution in [0.3, 0.4) is 0 Å². The molecule has 0 N–H and O–H groups in total. The Hall–Kier alpha value is -1.80. The van der Waals surface area contributed by atoms with Gasteiger partial charge in [-0.1, -0.05) is 30.3 Å². The molecule has 2 bridgehead atoms. The first-order valence-electron chi connectivity index (χ1n) is 12.3. The van der Waals surface area contributed by atoms with Gasteiger partial charge >= 0.3 is 6.09 Å². The number of carbonyl (C=O) groups excluding carboxylic acids is 1. The molecule has 184 valence electrons. The standard InChI is InChI=1S/C28H32BrN2O2S2/c1-21-6-5-7-23(18-21)30(19-25-10-11-27(29)35-25)28(32)33-26-20-31(14-12-22(26)13-15-31)16-17-34-24-8-3-2-4-9-24/h2-11,18,22,26H,12-17,19-20H2,1H3/q+1. The number of aryl methyl sites for hydroxylation is 1. The van der Waals surface area contributed by atoms with E-state index in [0.29, 0.717) is 12.5 Å². The van der Waals surface area contributed by atoms with E-state index in [1.54, 1.807) is 16.2 Å². The summed E-state index contributed by atoms with van der Waals surface area (Å²) in [6, 6.07) is 22.9. The number of amides is 1. The van der Waals surface area contributed by atoms with Gasteiger partial charge in [0.05, 0.1) is 30.0 Å². The Bertz CT molecular complexity index is 1140. The van der Waals surface area contributed by atoms with Crippen LogP contribution in [0.2, 0.25) is 0 Å². The lowest BCUT2D eigenvalue weighted by atomic mass is 9.83. The fourth-order valence-corrected chi connectivity index (χ4v) is 7.92. The SMILES string of the molecule is Cc1cccc(N(Cc2ccc(Br)s2)C(=O)OC2C[N+]3(CCSc4ccccc4)CCC2CC3)c1. The fourth-order valence-electron chi connectivity index (χ4n) is 5.39. The smallest absolute Gasteiger partial charge is 0.415 e. The molecule has 3 aromatic rings. The van der Waals surface area contributed by atoms with Gasteiger partial charge in [-0.2, -0.15) is 0 Å². The summed E-state index contributed by atoms with van der Waals surface area (Å²) in [7, 11) is 0. The molecule has 7 heteroatoms. The molecular weight excluding hydrogens is 540 g/mol. The number of hydrogen-bond donors (Lipinski definition) is 0. The molecule has 3 saturated heterocycles. The lowest BCUT2D eigenvalue weighted by molar-refractivity contribution is -0.943. The molecule has 1 aromatic heterocycles.